The van der Waals surface area contributed by atoms with Crippen molar-refractivity contribution in [1.29, 1.82) is 0 Å². The fourth-order valence-corrected chi connectivity index (χ4v) is 5.67. The van der Waals surface area contributed by atoms with Crippen molar-refractivity contribution in [2.75, 3.05) is 32.8 Å². The summed E-state index contributed by atoms with van der Waals surface area (Å²) in [5, 5.41) is 9.16. The Hall–Kier alpha value is -0.980. The van der Waals surface area contributed by atoms with Crippen molar-refractivity contribution in [3.8, 4) is 0 Å². The molecule has 1 N–H and O–H groups in total. The minimum absolute atomic E-state index is 0.130. The Morgan fingerprint density at radius 1 is 1.17 bits per heavy atom. The number of aliphatic hydroxyl groups excluding tert-OH is 1. The third kappa shape index (κ3) is 6.51. The van der Waals surface area contributed by atoms with Gasteiger partial charge in [0, 0.05) is 17.1 Å². The first-order valence-electron chi connectivity index (χ1n) is 11.6. The fraction of sp³-hybridized carbons (Fsp3) is 0.708. The molecular weight excluding hydrogens is 447 g/mol. The van der Waals surface area contributed by atoms with Crippen molar-refractivity contribution >= 4 is 21.8 Å². The molecule has 2 aliphatic rings. The molecule has 0 aromatic heterocycles. The van der Waals surface area contributed by atoms with Gasteiger partial charge in [0.1, 0.15) is 12.4 Å². The zero-order valence-electron chi connectivity index (χ0n) is 18.2. The number of rotatable bonds is 8. The van der Waals surface area contributed by atoms with E-state index in [0.29, 0.717) is 18.5 Å². The van der Waals surface area contributed by atoms with E-state index in [9.17, 15) is 9.18 Å². The summed E-state index contributed by atoms with van der Waals surface area (Å²) in [6.45, 7) is 5.76. The molecule has 4 nitrogen and oxygen atoms in total. The number of halogens is 2. The minimum Gasteiger partial charge on any atom is -0.387 e. The third-order valence-corrected chi connectivity index (χ3v) is 7.90. The monoisotopic (exact) mass is 482 g/mol. The van der Waals surface area contributed by atoms with Gasteiger partial charge in [0.2, 0.25) is 5.91 Å². The van der Waals surface area contributed by atoms with Gasteiger partial charge in [-0.25, -0.2) is 4.39 Å². The van der Waals surface area contributed by atoms with E-state index in [1.165, 1.54) is 44.7 Å². The van der Waals surface area contributed by atoms with Gasteiger partial charge in [0.05, 0.1) is 0 Å². The van der Waals surface area contributed by atoms with Crippen molar-refractivity contribution in [3.63, 3.8) is 0 Å². The van der Waals surface area contributed by atoms with Gasteiger partial charge in [-0.2, -0.15) is 0 Å². The first-order chi connectivity index (χ1) is 14.5. The van der Waals surface area contributed by atoms with Gasteiger partial charge in [0.25, 0.3) is 0 Å². The normalized spacial score (nSPS) is 23.5. The molecule has 2 fully saturated rings. The molecule has 1 aromatic carbocycles. The highest BCUT2D eigenvalue weighted by molar-refractivity contribution is 9.10. The van der Waals surface area contributed by atoms with Crippen LogP contribution >= 0.6 is 15.9 Å². The maximum atomic E-state index is 13.5. The average molecular weight is 483 g/mol. The Labute approximate surface area is 188 Å². The Morgan fingerprint density at radius 3 is 2.50 bits per heavy atom. The Morgan fingerprint density at radius 2 is 1.87 bits per heavy atom. The van der Waals surface area contributed by atoms with Crippen LogP contribution < -0.4 is 0 Å². The molecule has 3 rings (SSSR count). The molecule has 30 heavy (non-hydrogen) atoms. The van der Waals surface area contributed by atoms with E-state index in [1.807, 2.05) is 17.9 Å². The molecule has 1 saturated heterocycles. The van der Waals surface area contributed by atoms with Gasteiger partial charge in [-0.3, -0.25) is 4.79 Å². The standard InChI is InChI=1S/C24H36BrFN2O2/c1-2-28(24(30)17-29)22-6-3-18(4-7-22)9-12-27-13-10-19(11-14-27)15-20-16-21(26)5-8-23(20)25/h5,8,16,18-19,22,29H,2-4,6-7,9-15,17H2,1H3/t18-,22-. The van der Waals surface area contributed by atoms with E-state index in [-0.39, 0.29) is 18.3 Å². The number of piperidine rings is 1. The molecule has 1 aliphatic carbocycles. The lowest BCUT2D eigenvalue weighted by atomic mass is 9.83. The summed E-state index contributed by atoms with van der Waals surface area (Å²) in [6.07, 6.45) is 9.07. The molecular formula is C24H36BrFN2O2. The highest BCUT2D eigenvalue weighted by atomic mass is 79.9. The molecule has 1 heterocycles. The molecule has 1 amide bonds. The van der Waals surface area contributed by atoms with E-state index in [2.05, 4.69) is 20.8 Å². The zero-order valence-corrected chi connectivity index (χ0v) is 19.7. The molecule has 1 saturated carbocycles. The summed E-state index contributed by atoms with van der Waals surface area (Å²) in [6, 6.07) is 5.30. The van der Waals surface area contributed by atoms with E-state index in [0.717, 1.165) is 48.3 Å². The van der Waals surface area contributed by atoms with Crippen LogP contribution in [-0.2, 0) is 11.2 Å². The summed E-state index contributed by atoms with van der Waals surface area (Å²) in [5.74, 6) is 1.11. The Bertz CT molecular complexity index is 686. The first kappa shape index (κ1) is 23.7. The summed E-state index contributed by atoms with van der Waals surface area (Å²) >= 11 is 3.56. The summed E-state index contributed by atoms with van der Waals surface area (Å²) in [4.78, 5) is 16.3. The maximum Gasteiger partial charge on any atom is 0.248 e. The highest BCUT2D eigenvalue weighted by Gasteiger charge is 2.28. The number of carbonyl (C=O) groups is 1. The first-order valence-corrected chi connectivity index (χ1v) is 12.4. The van der Waals surface area contributed by atoms with Gasteiger partial charge in [-0.15, -0.1) is 0 Å². The van der Waals surface area contributed by atoms with Crippen molar-refractivity contribution in [2.24, 2.45) is 11.8 Å². The van der Waals surface area contributed by atoms with Crippen LogP contribution in [0.2, 0.25) is 0 Å². The minimum atomic E-state index is -0.375. The highest BCUT2D eigenvalue weighted by Crippen LogP contribution is 2.31. The number of amides is 1. The van der Waals surface area contributed by atoms with Crippen LogP contribution in [0.3, 0.4) is 0 Å². The number of aliphatic hydroxyl groups is 1. The van der Waals surface area contributed by atoms with Crippen molar-refractivity contribution < 1.29 is 14.3 Å². The summed E-state index contributed by atoms with van der Waals surface area (Å²) < 4.78 is 14.5. The predicted molar refractivity (Wildman–Crippen MR) is 122 cm³/mol. The second-order valence-corrected chi connectivity index (χ2v) is 9.88. The zero-order chi connectivity index (χ0) is 21.5. The second kappa shape index (κ2) is 11.6. The molecule has 0 radical (unpaired) electrons. The molecule has 0 atom stereocenters. The van der Waals surface area contributed by atoms with Crippen LogP contribution in [0.15, 0.2) is 22.7 Å². The number of likely N-dealkylation sites (tertiary alicyclic amines) is 1. The molecule has 6 heteroatoms. The van der Waals surface area contributed by atoms with Gasteiger partial charge >= 0.3 is 0 Å². The van der Waals surface area contributed by atoms with Crippen LogP contribution in [0.4, 0.5) is 4.39 Å². The second-order valence-electron chi connectivity index (χ2n) is 9.03. The fourth-order valence-electron chi connectivity index (χ4n) is 5.26. The molecule has 0 spiro atoms. The number of hydrogen-bond donors (Lipinski definition) is 1. The van der Waals surface area contributed by atoms with Crippen molar-refractivity contribution in [3.05, 3.63) is 34.1 Å². The molecule has 1 aliphatic heterocycles. The number of hydrogen-bond acceptors (Lipinski definition) is 3. The van der Waals surface area contributed by atoms with E-state index >= 15 is 0 Å². The van der Waals surface area contributed by atoms with E-state index in [4.69, 9.17) is 5.11 Å². The maximum absolute atomic E-state index is 13.5. The SMILES string of the molecule is CCN(C(=O)CO)[C@H]1CC[C@H](CCN2CCC(Cc3cc(F)ccc3Br)CC2)CC1. The Balaban J connectivity index is 1.35. The number of benzene rings is 1. The van der Waals surface area contributed by atoms with Gasteiger partial charge in [0.15, 0.2) is 0 Å². The lowest BCUT2D eigenvalue weighted by Crippen LogP contribution is -2.43. The average Bonchev–Trinajstić information content (AvgIpc) is 2.77. The Kier molecular flexibility index (Phi) is 9.14. The third-order valence-electron chi connectivity index (χ3n) is 7.13. The van der Waals surface area contributed by atoms with Crippen molar-refractivity contribution in [1.82, 2.24) is 9.80 Å². The van der Waals surface area contributed by atoms with Gasteiger partial charge < -0.3 is 14.9 Å². The van der Waals surface area contributed by atoms with Crippen LogP contribution in [-0.4, -0.2) is 59.6 Å². The van der Waals surface area contributed by atoms with E-state index < -0.39 is 0 Å². The van der Waals surface area contributed by atoms with Crippen LogP contribution in [0.25, 0.3) is 0 Å². The predicted octanol–water partition coefficient (Wildman–Crippen LogP) is 4.63. The molecule has 0 unspecified atom stereocenters. The van der Waals surface area contributed by atoms with Gasteiger partial charge in [-0.1, -0.05) is 15.9 Å². The summed E-state index contributed by atoms with van der Waals surface area (Å²) in [5.41, 5.74) is 1.09. The smallest absolute Gasteiger partial charge is 0.248 e. The van der Waals surface area contributed by atoms with Crippen LogP contribution in [0.1, 0.15) is 57.4 Å². The molecule has 0 bridgehead atoms. The number of likely N-dealkylation sites (N-methyl/N-ethyl adjacent to an activating group) is 1. The van der Waals surface area contributed by atoms with Crippen molar-refractivity contribution in [2.45, 2.75) is 64.3 Å². The molecule has 1 aromatic rings. The number of nitrogens with zero attached hydrogens (tertiary/aromatic N) is 2. The van der Waals surface area contributed by atoms with Crippen LogP contribution in [0, 0.1) is 17.7 Å². The molecule has 168 valence electrons. The van der Waals surface area contributed by atoms with E-state index in [1.54, 1.807) is 6.07 Å². The largest absolute Gasteiger partial charge is 0.387 e. The quantitative estimate of drug-likeness (QED) is 0.587. The van der Waals surface area contributed by atoms with Gasteiger partial charge in [-0.05, 0) is 114 Å². The topological polar surface area (TPSA) is 43.8 Å². The number of carbonyl (C=O) groups excluding carboxylic acids is 1. The van der Waals surface area contributed by atoms with Crippen LogP contribution in [0.5, 0.6) is 0 Å². The lowest BCUT2D eigenvalue weighted by Gasteiger charge is -2.37. The lowest BCUT2D eigenvalue weighted by molar-refractivity contribution is -0.137. The summed E-state index contributed by atoms with van der Waals surface area (Å²) in [7, 11) is 0.